The van der Waals surface area contributed by atoms with E-state index >= 15 is 0 Å². The van der Waals surface area contributed by atoms with E-state index in [9.17, 15) is 18.5 Å². The predicted molar refractivity (Wildman–Crippen MR) is 86.8 cm³/mol. The average Bonchev–Trinajstić information content (AvgIpc) is 2.54. The first-order valence-corrected chi connectivity index (χ1v) is 8.32. The first-order valence-electron chi connectivity index (χ1n) is 6.78. The van der Waals surface area contributed by atoms with E-state index in [-0.39, 0.29) is 12.0 Å². The second-order valence-corrected chi connectivity index (χ2v) is 6.45. The number of hydrogen-bond acceptors (Lipinski definition) is 6. The highest BCUT2D eigenvalue weighted by atomic mass is 32.2. The van der Waals surface area contributed by atoms with Crippen molar-refractivity contribution in [2.24, 2.45) is 5.14 Å². The van der Waals surface area contributed by atoms with E-state index in [1.807, 2.05) is 0 Å². The Balaban J connectivity index is 2.57. The van der Waals surface area contributed by atoms with Crippen molar-refractivity contribution in [2.45, 2.75) is 11.3 Å². The van der Waals surface area contributed by atoms with Crippen LogP contribution in [0, 0.1) is 10.1 Å². The van der Waals surface area contributed by atoms with Crippen LogP contribution in [-0.2, 0) is 16.4 Å². The summed E-state index contributed by atoms with van der Waals surface area (Å²) in [5.41, 5.74) is 0.334. The van der Waals surface area contributed by atoms with Crippen LogP contribution in [0.5, 0.6) is 11.5 Å². The first kappa shape index (κ1) is 17.7. The van der Waals surface area contributed by atoms with E-state index < -0.39 is 25.5 Å². The molecule has 0 saturated carbocycles. The van der Waals surface area contributed by atoms with E-state index in [4.69, 9.17) is 14.6 Å². The molecule has 0 radical (unpaired) electrons. The fraction of sp³-hybridized carbons (Fsp3) is 0.200. The van der Waals surface area contributed by atoms with Crippen LogP contribution >= 0.6 is 0 Å². The number of methoxy groups -OCH3 is 2. The molecule has 0 heterocycles. The molecule has 128 valence electrons. The van der Waals surface area contributed by atoms with E-state index in [0.717, 1.165) is 6.07 Å². The van der Waals surface area contributed by atoms with Crippen molar-refractivity contribution in [2.75, 3.05) is 14.2 Å². The molecule has 0 bridgehead atoms. The molecule has 0 fully saturated rings. The van der Waals surface area contributed by atoms with Gasteiger partial charge in [0, 0.05) is 18.1 Å². The number of benzene rings is 2. The van der Waals surface area contributed by atoms with Crippen molar-refractivity contribution in [3.63, 3.8) is 0 Å². The lowest BCUT2D eigenvalue weighted by Gasteiger charge is -2.11. The number of sulfonamides is 1. The van der Waals surface area contributed by atoms with Crippen LogP contribution in [0.3, 0.4) is 0 Å². The fourth-order valence-electron chi connectivity index (χ4n) is 2.35. The molecular weight excluding hydrogens is 336 g/mol. The molecule has 0 unspecified atom stereocenters. The standard InChI is InChI=1S/C15H16N2O6S/c1-22-12-7-6-10(13(9-12)23-2)8-11-4-3-5-14(24(16,20)21)15(11)17(18)19/h3-7,9H,8H2,1-2H3,(H2,16,20,21). The van der Waals surface area contributed by atoms with E-state index in [1.54, 1.807) is 18.2 Å². The van der Waals surface area contributed by atoms with Crippen molar-refractivity contribution in [3.8, 4) is 11.5 Å². The highest BCUT2D eigenvalue weighted by Crippen LogP contribution is 2.32. The number of nitrogens with zero attached hydrogens (tertiary/aromatic N) is 1. The van der Waals surface area contributed by atoms with E-state index in [2.05, 4.69) is 0 Å². The SMILES string of the molecule is COc1ccc(Cc2cccc(S(N)(=O)=O)c2[N+](=O)[O-])c(OC)c1. The summed E-state index contributed by atoms with van der Waals surface area (Å²) in [6.07, 6.45) is 0.104. The Kier molecular flexibility index (Phi) is 5.05. The van der Waals surface area contributed by atoms with Gasteiger partial charge in [0.2, 0.25) is 10.0 Å². The third-order valence-electron chi connectivity index (χ3n) is 3.45. The van der Waals surface area contributed by atoms with Crippen LogP contribution in [0.2, 0.25) is 0 Å². The summed E-state index contributed by atoms with van der Waals surface area (Å²) in [5, 5.41) is 16.4. The van der Waals surface area contributed by atoms with Gasteiger partial charge in [0.25, 0.3) is 5.69 Å². The van der Waals surface area contributed by atoms with Crippen molar-refractivity contribution >= 4 is 15.7 Å². The van der Waals surface area contributed by atoms with Crippen LogP contribution in [0.1, 0.15) is 11.1 Å². The molecule has 0 aromatic heterocycles. The minimum absolute atomic E-state index is 0.104. The zero-order valence-electron chi connectivity index (χ0n) is 13.1. The van der Waals surface area contributed by atoms with Crippen LogP contribution in [0.15, 0.2) is 41.3 Å². The second kappa shape index (κ2) is 6.85. The van der Waals surface area contributed by atoms with Crippen molar-refractivity contribution in [1.29, 1.82) is 0 Å². The number of primary sulfonamides is 1. The van der Waals surface area contributed by atoms with Gasteiger partial charge in [-0.2, -0.15) is 0 Å². The fourth-order valence-corrected chi connectivity index (χ4v) is 3.09. The van der Waals surface area contributed by atoms with Crippen LogP contribution in [0.25, 0.3) is 0 Å². The smallest absolute Gasteiger partial charge is 0.292 e. The van der Waals surface area contributed by atoms with E-state index in [0.29, 0.717) is 17.1 Å². The van der Waals surface area contributed by atoms with Crippen molar-refractivity contribution < 1.29 is 22.8 Å². The molecule has 2 aromatic carbocycles. The Hall–Kier alpha value is -2.65. The van der Waals surface area contributed by atoms with Gasteiger partial charge in [-0.3, -0.25) is 10.1 Å². The van der Waals surface area contributed by atoms with Gasteiger partial charge >= 0.3 is 0 Å². The quantitative estimate of drug-likeness (QED) is 0.625. The first-order chi connectivity index (χ1) is 11.3. The number of hydrogen-bond donors (Lipinski definition) is 1. The Bertz CT molecular complexity index is 880. The number of rotatable bonds is 6. The molecule has 8 nitrogen and oxygen atoms in total. The zero-order valence-corrected chi connectivity index (χ0v) is 13.9. The molecule has 24 heavy (non-hydrogen) atoms. The summed E-state index contributed by atoms with van der Waals surface area (Å²) in [5.74, 6) is 1.05. The van der Waals surface area contributed by atoms with Gasteiger partial charge in [-0.15, -0.1) is 0 Å². The maximum atomic E-state index is 11.6. The molecule has 9 heteroatoms. The molecule has 0 amide bonds. The number of para-hydroxylation sites is 1. The lowest BCUT2D eigenvalue weighted by Crippen LogP contribution is -2.15. The Morgan fingerprint density at radius 2 is 1.83 bits per heavy atom. The molecule has 0 aliphatic heterocycles. The van der Waals surface area contributed by atoms with Crippen LogP contribution in [0.4, 0.5) is 5.69 Å². The molecule has 0 saturated heterocycles. The molecule has 0 aliphatic carbocycles. The maximum absolute atomic E-state index is 11.6. The summed E-state index contributed by atoms with van der Waals surface area (Å²) in [7, 11) is -1.24. The highest BCUT2D eigenvalue weighted by molar-refractivity contribution is 7.89. The minimum Gasteiger partial charge on any atom is -0.497 e. The second-order valence-electron chi connectivity index (χ2n) is 4.92. The van der Waals surface area contributed by atoms with Gasteiger partial charge in [-0.1, -0.05) is 18.2 Å². The van der Waals surface area contributed by atoms with Crippen molar-refractivity contribution in [1.82, 2.24) is 0 Å². The van der Waals surface area contributed by atoms with Gasteiger partial charge in [-0.25, -0.2) is 13.6 Å². The van der Waals surface area contributed by atoms with Gasteiger partial charge < -0.3 is 9.47 Å². The Labute approximate surface area is 139 Å². The molecule has 0 spiro atoms. The van der Waals surface area contributed by atoms with Crippen LogP contribution < -0.4 is 14.6 Å². The average molecular weight is 352 g/mol. The third kappa shape index (κ3) is 3.63. The van der Waals surface area contributed by atoms with Gasteiger partial charge in [0.05, 0.1) is 19.1 Å². The lowest BCUT2D eigenvalue weighted by molar-refractivity contribution is -0.388. The molecule has 2 aromatic rings. The van der Waals surface area contributed by atoms with Gasteiger partial charge in [0.15, 0.2) is 4.90 Å². The Morgan fingerprint density at radius 1 is 1.12 bits per heavy atom. The third-order valence-corrected chi connectivity index (χ3v) is 4.39. The summed E-state index contributed by atoms with van der Waals surface area (Å²) >= 11 is 0. The lowest BCUT2D eigenvalue weighted by atomic mass is 10.0. The van der Waals surface area contributed by atoms with Gasteiger partial charge in [-0.05, 0) is 17.7 Å². The summed E-state index contributed by atoms with van der Waals surface area (Å²) in [4.78, 5) is 10.1. The summed E-state index contributed by atoms with van der Waals surface area (Å²) in [6.45, 7) is 0. The molecule has 0 atom stereocenters. The predicted octanol–water partition coefficient (Wildman–Crippen LogP) is 1.85. The number of nitro benzene ring substituents is 1. The summed E-state index contributed by atoms with van der Waals surface area (Å²) < 4.78 is 33.6. The molecular formula is C15H16N2O6S. The molecule has 2 N–H and O–H groups in total. The Morgan fingerprint density at radius 3 is 2.38 bits per heavy atom. The zero-order chi connectivity index (χ0) is 17.9. The highest BCUT2D eigenvalue weighted by Gasteiger charge is 2.26. The number of ether oxygens (including phenoxy) is 2. The topological polar surface area (TPSA) is 122 Å². The number of nitrogens with two attached hydrogens (primary N) is 1. The maximum Gasteiger partial charge on any atom is 0.292 e. The monoisotopic (exact) mass is 352 g/mol. The van der Waals surface area contributed by atoms with Crippen LogP contribution in [-0.4, -0.2) is 27.6 Å². The minimum atomic E-state index is -4.21. The normalized spacial score (nSPS) is 11.1. The summed E-state index contributed by atoms with van der Waals surface area (Å²) in [6, 6.07) is 9.04. The molecule has 0 aliphatic rings. The largest absolute Gasteiger partial charge is 0.497 e. The van der Waals surface area contributed by atoms with Crippen molar-refractivity contribution in [3.05, 3.63) is 57.6 Å². The number of nitro groups is 1. The van der Waals surface area contributed by atoms with Gasteiger partial charge in [0.1, 0.15) is 11.5 Å². The van der Waals surface area contributed by atoms with E-state index in [1.165, 1.54) is 26.4 Å². The molecule has 2 rings (SSSR count).